The van der Waals surface area contributed by atoms with Gasteiger partial charge in [-0.15, -0.1) is 0 Å². The van der Waals surface area contributed by atoms with E-state index < -0.39 is 0 Å². The second kappa shape index (κ2) is 5.68. The average Bonchev–Trinajstić information content (AvgIpc) is 2.42. The Kier molecular flexibility index (Phi) is 3.78. The fraction of sp³-hybridized carbons (Fsp3) is 0. The predicted octanol–water partition coefficient (Wildman–Crippen LogP) is 1.86. The molecule has 96 valence electrons. The van der Waals surface area contributed by atoms with E-state index in [1.807, 2.05) is 6.07 Å². The van der Waals surface area contributed by atoms with Gasteiger partial charge in [-0.1, -0.05) is 18.2 Å². The molecule has 0 aliphatic carbocycles. The van der Waals surface area contributed by atoms with E-state index in [0.717, 1.165) is 0 Å². The second-order valence-corrected chi connectivity index (χ2v) is 3.81. The third-order valence-corrected chi connectivity index (χ3v) is 2.42. The first kappa shape index (κ1) is 12.6. The number of carbonyl (C=O) groups is 1. The molecule has 0 bridgehead atoms. The van der Waals surface area contributed by atoms with Crippen LogP contribution in [-0.4, -0.2) is 22.3 Å². The van der Waals surface area contributed by atoms with Crippen LogP contribution in [0.2, 0.25) is 0 Å². The molecule has 0 spiro atoms. The first-order valence-electron chi connectivity index (χ1n) is 5.57. The molecule has 0 saturated carbocycles. The topological polar surface area (TPSA) is 81.9 Å². The van der Waals surface area contributed by atoms with Crippen LogP contribution in [0.4, 0.5) is 0 Å². The Morgan fingerprint density at radius 3 is 2.53 bits per heavy atom. The molecule has 0 aliphatic heterocycles. The summed E-state index contributed by atoms with van der Waals surface area (Å²) in [5.74, 6) is -0.490. The maximum atomic E-state index is 11.6. The van der Waals surface area contributed by atoms with Crippen LogP contribution in [0.3, 0.4) is 0 Å². The summed E-state index contributed by atoms with van der Waals surface area (Å²) >= 11 is 0. The van der Waals surface area contributed by atoms with Crippen molar-refractivity contribution in [3.63, 3.8) is 0 Å². The number of hydrazone groups is 1. The summed E-state index contributed by atoms with van der Waals surface area (Å²) in [4.78, 5) is 11.6. The molecular formula is C14H12N2O3. The van der Waals surface area contributed by atoms with Crippen LogP contribution in [0.25, 0.3) is 0 Å². The second-order valence-electron chi connectivity index (χ2n) is 3.81. The van der Waals surface area contributed by atoms with Gasteiger partial charge in [0.25, 0.3) is 5.91 Å². The monoisotopic (exact) mass is 256 g/mol. The lowest BCUT2D eigenvalue weighted by molar-refractivity contribution is 0.0955. The number of carbonyl (C=O) groups excluding carboxylic acids is 1. The summed E-state index contributed by atoms with van der Waals surface area (Å²) in [6.45, 7) is 0. The standard InChI is InChI=1S/C14H12N2O3/c17-12-7-6-11(13(18)8-12)9-15-16-14(19)10-4-2-1-3-5-10/h1-9,17-18H,(H,16,19). The molecule has 0 fully saturated rings. The molecule has 0 atom stereocenters. The number of phenolic OH excluding ortho intramolecular Hbond substituents is 2. The molecule has 19 heavy (non-hydrogen) atoms. The van der Waals surface area contributed by atoms with E-state index in [9.17, 15) is 9.90 Å². The Morgan fingerprint density at radius 1 is 1.11 bits per heavy atom. The molecule has 0 heterocycles. The molecule has 0 radical (unpaired) electrons. The number of benzene rings is 2. The summed E-state index contributed by atoms with van der Waals surface area (Å²) in [6, 6.07) is 12.8. The smallest absolute Gasteiger partial charge is 0.271 e. The number of rotatable bonds is 3. The molecule has 5 heteroatoms. The molecule has 0 saturated heterocycles. The molecule has 0 aliphatic rings. The van der Waals surface area contributed by atoms with E-state index in [1.165, 1.54) is 24.4 Å². The quantitative estimate of drug-likeness (QED) is 0.579. The highest BCUT2D eigenvalue weighted by molar-refractivity contribution is 5.95. The van der Waals surface area contributed by atoms with Gasteiger partial charge < -0.3 is 10.2 Å². The van der Waals surface area contributed by atoms with Gasteiger partial charge in [0.05, 0.1) is 6.21 Å². The molecule has 0 unspecified atom stereocenters. The van der Waals surface area contributed by atoms with Crippen molar-refractivity contribution < 1.29 is 15.0 Å². The summed E-state index contributed by atoms with van der Waals surface area (Å²) < 4.78 is 0. The number of aromatic hydroxyl groups is 2. The maximum Gasteiger partial charge on any atom is 0.271 e. The molecule has 3 N–H and O–H groups in total. The van der Waals surface area contributed by atoms with Crippen molar-refractivity contribution in [2.75, 3.05) is 0 Å². The SMILES string of the molecule is O=C(NN=Cc1ccc(O)cc1O)c1ccccc1. The predicted molar refractivity (Wildman–Crippen MR) is 71.3 cm³/mol. The Bertz CT molecular complexity index is 609. The Hall–Kier alpha value is -2.82. The minimum Gasteiger partial charge on any atom is -0.508 e. The largest absolute Gasteiger partial charge is 0.508 e. The number of hydrogen-bond donors (Lipinski definition) is 3. The normalized spacial score (nSPS) is 10.5. The van der Waals surface area contributed by atoms with Crippen LogP contribution < -0.4 is 5.43 Å². The van der Waals surface area contributed by atoms with Crippen molar-refractivity contribution in [3.8, 4) is 11.5 Å². The van der Waals surface area contributed by atoms with E-state index in [1.54, 1.807) is 24.3 Å². The van der Waals surface area contributed by atoms with Gasteiger partial charge in [-0.05, 0) is 24.3 Å². The lowest BCUT2D eigenvalue weighted by atomic mass is 10.2. The van der Waals surface area contributed by atoms with Crippen LogP contribution in [0.5, 0.6) is 11.5 Å². The summed E-state index contributed by atoms with van der Waals surface area (Å²) in [5.41, 5.74) is 3.24. The van der Waals surface area contributed by atoms with Crippen molar-refractivity contribution in [1.82, 2.24) is 5.43 Å². The van der Waals surface area contributed by atoms with E-state index in [2.05, 4.69) is 10.5 Å². The Morgan fingerprint density at radius 2 is 1.84 bits per heavy atom. The third kappa shape index (κ3) is 3.32. The van der Waals surface area contributed by atoms with Gasteiger partial charge in [-0.25, -0.2) is 5.43 Å². The number of phenols is 2. The third-order valence-electron chi connectivity index (χ3n) is 2.42. The van der Waals surface area contributed by atoms with Crippen molar-refractivity contribution >= 4 is 12.1 Å². The van der Waals surface area contributed by atoms with E-state index in [0.29, 0.717) is 11.1 Å². The highest BCUT2D eigenvalue weighted by atomic mass is 16.3. The van der Waals surface area contributed by atoms with Crippen LogP contribution in [-0.2, 0) is 0 Å². The lowest BCUT2D eigenvalue weighted by Crippen LogP contribution is -2.17. The molecule has 5 nitrogen and oxygen atoms in total. The van der Waals surface area contributed by atoms with Gasteiger partial charge in [-0.2, -0.15) is 5.10 Å². The fourth-order valence-electron chi connectivity index (χ4n) is 1.46. The van der Waals surface area contributed by atoms with E-state index in [-0.39, 0.29) is 17.4 Å². The fourth-order valence-corrected chi connectivity index (χ4v) is 1.46. The van der Waals surface area contributed by atoms with Crippen molar-refractivity contribution in [2.24, 2.45) is 5.10 Å². The van der Waals surface area contributed by atoms with Crippen LogP contribution in [0.15, 0.2) is 53.6 Å². The first-order valence-corrected chi connectivity index (χ1v) is 5.57. The van der Waals surface area contributed by atoms with E-state index in [4.69, 9.17) is 5.11 Å². The molecule has 2 rings (SSSR count). The zero-order chi connectivity index (χ0) is 13.7. The van der Waals surface area contributed by atoms with E-state index >= 15 is 0 Å². The van der Waals surface area contributed by atoms with Crippen molar-refractivity contribution in [1.29, 1.82) is 0 Å². The summed E-state index contributed by atoms with van der Waals surface area (Å²) in [6.07, 6.45) is 1.30. The Balaban J connectivity index is 2.02. The average molecular weight is 256 g/mol. The number of nitrogens with zero attached hydrogens (tertiary/aromatic N) is 1. The van der Waals surface area contributed by atoms with Crippen LogP contribution in [0.1, 0.15) is 15.9 Å². The molecule has 0 aromatic heterocycles. The van der Waals surface area contributed by atoms with Gasteiger partial charge in [0.2, 0.25) is 0 Å². The lowest BCUT2D eigenvalue weighted by Gasteiger charge is -2.00. The molecule has 2 aromatic carbocycles. The Labute approximate surface area is 109 Å². The molecular weight excluding hydrogens is 244 g/mol. The minimum absolute atomic E-state index is 0.0389. The molecule has 1 amide bonds. The van der Waals surface area contributed by atoms with Gasteiger partial charge >= 0.3 is 0 Å². The summed E-state index contributed by atoms with van der Waals surface area (Å²) in [7, 11) is 0. The number of nitrogens with one attached hydrogen (secondary N) is 1. The molecule has 2 aromatic rings. The van der Waals surface area contributed by atoms with Gasteiger partial charge in [0.1, 0.15) is 11.5 Å². The summed E-state index contributed by atoms with van der Waals surface area (Å²) in [5, 5.41) is 22.4. The zero-order valence-corrected chi connectivity index (χ0v) is 9.95. The van der Waals surface area contributed by atoms with Crippen molar-refractivity contribution in [3.05, 3.63) is 59.7 Å². The van der Waals surface area contributed by atoms with Gasteiger partial charge in [-0.3, -0.25) is 4.79 Å². The van der Waals surface area contributed by atoms with Crippen LogP contribution in [0, 0.1) is 0 Å². The maximum absolute atomic E-state index is 11.6. The van der Waals surface area contributed by atoms with Gasteiger partial charge in [0.15, 0.2) is 0 Å². The first-order chi connectivity index (χ1) is 9.16. The highest BCUT2D eigenvalue weighted by Gasteiger charge is 2.02. The van der Waals surface area contributed by atoms with Gasteiger partial charge in [0, 0.05) is 17.2 Å². The van der Waals surface area contributed by atoms with Crippen molar-refractivity contribution in [2.45, 2.75) is 0 Å². The van der Waals surface area contributed by atoms with Crippen LogP contribution >= 0.6 is 0 Å². The highest BCUT2D eigenvalue weighted by Crippen LogP contribution is 2.20. The number of hydrogen-bond acceptors (Lipinski definition) is 4. The zero-order valence-electron chi connectivity index (χ0n) is 9.95. The number of amides is 1. The minimum atomic E-state index is -0.338.